The lowest BCUT2D eigenvalue weighted by atomic mass is 10.1. The molecule has 1 heterocycles. The highest BCUT2D eigenvalue weighted by molar-refractivity contribution is 7.94. The van der Waals surface area contributed by atoms with Gasteiger partial charge in [-0.15, -0.1) is 0 Å². The summed E-state index contributed by atoms with van der Waals surface area (Å²) < 4.78 is 64.1. The summed E-state index contributed by atoms with van der Waals surface area (Å²) in [5.74, 6) is -0.915. The predicted molar refractivity (Wildman–Crippen MR) is 115 cm³/mol. The second-order valence-corrected chi connectivity index (χ2v) is 10.7. The van der Waals surface area contributed by atoms with Crippen molar-refractivity contribution in [2.45, 2.75) is 18.2 Å². The number of amides is 1. The van der Waals surface area contributed by atoms with Crippen molar-refractivity contribution in [3.05, 3.63) is 48.0 Å². The van der Waals surface area contributed by atoms with Gasteiger partial charge in [0.15, 0.2) is 0 Å². The van der Waals surface area contributed by atoms with E-state index in [1.165, 1.54) is 26.2 Å². The summed E-state index contributed by atoms with van der Waals surface area (Å²) in [6, 6.07) is 11.1. The van der Waals surface area contributed by atoms with E-state index in [4.69, 9.17) is 9.47 Å². The highest BCUT2D eigenvalue weighted by atomic mass is 32.2. The molecule has 0 aliphatic carbocycles. The van der Waals surface area contributed by atoms with Gasteiger partial charge in [0.1, 0.15) is 16.4 Å². The number of methoxy groups -OCH3 is 2. The molecule has 0 radical (unpaired) electrons. The number of carbonyl (C=O) groups excluding carboxylic acids is 1. The average Bonchev–Trinajstić information content (AvgIpc) is 2.94. The summed E-state index contributed by atoms with van der Waals surface area (Å²) in [5.41, 5.74) is 0.842. The summed E-state index contributed by atoms with van der Waals surface area (Å²) >= 11 is 0. The molecule has 1 aliphatic rings. The maximum atomic E-state index is 12.9. The van der Waals surface area contributed by atoms with Gasteiger partial charge in [0.25, 0.3) is 0 Å². The lowest BCUT2D eigenvalue weighted by Gasteiger charge is -2.18. The number of anilines is 1. The van der Waals surface area contributed by atoms with E-state index in [9.17, 15) is 21.6 Å². The second kappa shape index (κ2) is 8.85. The first-order chi connectivity index (χ1) is 14.6. The van der Waals surface area contributed by atoms with Gasteiger partial charge in [-0.05, 0) is 42.3 Å². The number of hydrogen-bond acceptors (Lipinski definition) is 7. The largest absolute Gasteiger partial charge is 0.497 e. The maximum Gasteiger partial charge on any atom is 0.244 e. The molecule has 3 rings (SSSR count). The molecule has 11 heteroatoms. The van der Waals surface area contributed by atoms with Crippen molar-refractivity contribution >= 4 is 31.6 Å². The zero-order valence-corrected chi connectivity index (χ0v) is 19.0. The Morgan fingerprint density at radius 1 is 1.13 bits per heavy atom. The van der Waals surface area contributed by atoms with Gasteiger partial charge >= 0.3 is 0 Å². The minimum Gasteiger partial charge on any atom is -0.497 e. The number of ether oxygens (including phenoxy) is 2. The van der Waals surface area contributed by atoms with Crippen LogP contribution in [0, 0.1) is 5.92 Å². The Morgan fingerprint density at radius 2 is 1.87 bits per heavy atom. The van der Waals surface area contributed by atoms with E-state index in [0.29, 0.717) is 16.5 Å². The van der Waals surface area contributed by atoms with Crippen molar-refractivity contribution in [1.29, 1.82) is 0 Å². The Labute approximate surface area is 182 Å². The molecule has 1 saturated heterocycles. The summed E-state index contributed by atoms with van der Waals surface area (Å²) in [6.07, 6.45) is 0.412. The minimum absolute atomic E-state index is 0.0368. The fraction of sp³-hybridized carbons (Fsp3) is 0.350. The molecule has 31 heavy (non-hydrogen) atoms. The van der Waals surface area contributed by atoms with Gasteiger partial charge in [-0.1, -0.05) is 19.1 Å². The third-order valence-corrected chi connectivity index (χ3v) is 8.22. The van der Waals surface area contributed by atoms with Crippen molar-refractivity contribution in [2.75, 3.05) is 30.8 Å². The van der Waals surface area contributed by atoms with Crippen LogP contribution in [0.3, 0.4) is 0 Å². The number of carbonyl (C=O) groups is 1. The molecule has 1 N–H and O–H groups in total. The van der Waals surface area contributed by atoms with Crippen LogP contribution in [0.25, 0.3) is 0 Å². The van der Waals surface area contributed by atoms with Gasteiger partial charge in [0.05, 0.1) is 31.6 Å². The SMILES string of the molecule is COc1cccc(CCNS(=O)(=O)c2cc(N3C(=O)[C@@H](C)CS3(=O)=O)ccc2OC)c1. The lowest BCUT2D eigenvalue weighted by Crippen LogP contribution is -2.31. The third-order valence-electron chi connectivity index (χ3n) is 4.87. The molecule has 9 nitrogen and oxygen atoms in total. The highest BCUT2D eigenvalue weighted by Crippen LogP contribution is 2.33. The van der Waals surface area contributed by atoms with Crippen LogP contribution in [-0.4, -0.2) is 49.3 Å². The fourth-order valence-corrected chi connectivity index (χ4v) is 6.35. The number of rotatable bonds is 8. The summed E-state index contributed by atoms with van der Waals surface area (Å²) in [7, 11) is -5.05. The molecule has 1 amide bonds. The van der Waals surface area contributed by atoms with Crippen LogP contribution in [0.5, 0.6) is 11.5 Å². The van der Waals surface area contributed by atoms with E-state index in [0.717, 1.165) is 11.6 Å². The number of hydrogen-bond donors (Lipinski definition) is 1. The maximum absolute atomic E-state index is 12.9. The number of sulfonamides is 2. The van der Waals surface area contributed by atoms with Crippen molar-refractivity contribution in [3.63, 3.8) is 0 Å². The number of nitrogens with zero attached hydrogens (tertiary/aromatic N) is 1. The first-order valence-corrected chi connectivity index (χ1v) is 12.6. The third kappa shape index (κ3) is 4.83. The molecule has 1 fully saturated rings. The Kier molecular flexibility index (Phi) is 6.58. The van der Waals surface area contributed by atoms with Crippen LogP contribution < -0.4 is 18.5 Å². The molecule has 0 saturated carbocycles. The van der Waals surface area contributed by atoms with Crippen LogP contribution in [0.1, 0.15) is 12.5 Å². The van der Waals surface area contributed by atoms with Gasteiger partial charge in [-0.25, -0.2) is 25.9 Å². The normalized spacial score (nSPS) is 18.2. The topological polar surface area (TPSA) is 119 Å². The van der Waals surface area contributed by atoms with E-state index < -0.39 is 31.9 Å². The van der Waals surface area contributed by atoms with Crippen LogP contribution in [0.4, 0.5) is 5.69 Å². The van der Waals surface area contributed by atoms with Crippen molar-refractivity contribution in [3.8, 4) is 11.5 Å². The van der Waals surface area contributed by atoms with Crippen LogP contribution >= 0.6 is 0 Å². The van der Waals surface area contributed by atoms with E-state index in [1.54, 1.807) is 19.2 Å². The Hall–Kier alpha value is -2.63. The molecule has 1 atom stereocenters. The number of nitrogens with one attached hydrogen (secondary N) is 1. The second-order valence-electron chi connectivity index (χ2n) is 7.12. The molecule has 0 aromatic heterocycles. The number of benzene rings is 2. The molecule has 1 aliphatic heterocycles. The standard InChI is InChI=1S/C20H24N2O7S2/c1-14-13-30(24,25)22(20(14)23)16-7-8-18(29-3)19(12-16)31(26,27)21-10-9-15-5-4-6-17(11-15)28-2/h4-8,11-12,14,21H,9-10,13H2,1-3H3/t14-/m0/s1. The molecule has 0 unspecified atom stereocenters. The Morgan fingerprint density at radius 3 is 2.48 bits per heavy atom. The first kappa shape index (κ1) is 23.0. The molecule has 2 aromatic rings. The first-order valence-electron chi connectivity index (χ1n) is 9.46. The van der Waals surface area contributed by atoms with Gasteiger partial charge in [-0.3, -0.25) is 4.79 Å². The lowest BCUT2D eigenvalue weighted by molar-refractivity contribution is -0.119. The van der Waals surface area contributed by atoms with Crippen LogP contribution in [-0.2, 0) is 31.3 Å². The Balaban J connectivity index is 1.86. The molecule has 0 spiro atoms. The van der Waals surface area contributed by atoms with Crippen LogP contribution in [0.15, 0.2) is 47.4 Å². The van der Waals surface area contributed by atoms with E-state index in [-0.39, 0.29) is 28.6 Å². The Bertz CT molecular complexity index is 1190. The quantitative estimate of drug-likeness (QED) is 0.624. The van der Waals surface area contributed by atoms with Gasteiger partial charge < -0.3 is 9.47 Å². The average molecular weight is 469 g/mol. The van der Waals surface area contributed by atoms with Crippen molar-refractivity contribution in [2.24, 2.45) is 5.92 Å². The van der Waals surface area contributed by atoms with Gasteiger partial charge in [0, 0.05) is 6.54 Å². The van der Waals surface area contributed by atoms with Crippen molar-refractivity contribution < 1.29 is 31.1 Å². The van der Waals surface area contributed by atoms with Crippen molar-refractivity contribution in [1.82, 2.24) is 4.72 Å². The van der Waals surface area contributed by atoms with E-state index in [2.05, 4.69) is 4.72 Å². The minimum atomic E-state index is -4.05. The molecular weight excluding hydrogens is 444 g/mol. The van der Waals surface area contributed by atoms with Gasteiger partial charge in [-0.2, -0.15) is 0 Å². The zero-order chi connectivity index (χ0) is 22.8. The molecule has 2 aromatic carbocycles. The summed E-state index contributed by atoms with van der Waals surface area (Å²) in [5, 5.41) is 0. The fourth-order valence-electron chi connectivity index (χ4n) is 3.32. The smallest absolute Gasteiger partial charge is 0.244 e. The predicted octanol–water partition coefficient (Wildman–Crippen LogP) is 1.54. The van der Waals surface area contributed by atoms with Crippen LogP contribution in [0.2, 0.25) is 0 Å². The molecular formula is C20H24N2O7S2. The van der Waals surface area contributed by atoms with Gasteiger partial charge in [0.2, 0.25) is 26.0 Å². The highest BCUT2D eigenvalue weighted by Gasteiger charge is 2.42. The zero-order valence-electron chi connectivity index (χ0n) is 17.4. The molecule has 168 valence electrons. The van der Waals surface area contributed by atoms with E-state index in [1.807, 2.05) is 12.1 Å². The molecule has 0 bridgehead atoms. The monoisotopic (exact) mass is 468 g/mol. The van der Waals surface area contributed by atoms with E-state index >= 15 is 0 Å². The summed E-state index contributed by atoms with van der Waals surface area (Å²) in [4.78, 5) is 12.1. The summed E-state index contributed by atoms with van der Waals surface area (Å²) in [6.45, 7) is 1.61.